The summed E-state index contributed by atoms with van der Waals surface area (Å²) in [6.45, 7) is 15.4. The highest BCUT2D eigenvalue weighted by Gasteiger charge is 2.17. The van der Waals surface area contributed by atoms with E-state index in [2.05, 4.69) is 65.6 Å². The summed E-state index contributed by atoms with van der Waals surface area (Å²) < 4.78 is 6.40. The molecule has 0 spiro atoms. The van der Waals surface area contributed by atoms with Gasteiger partial charge in [-0.1, -0.05) is 6.92 Å². The van der Waals surface area contributed by atoms with Gasteiger partial charge in [0.1, 0.15) is 0 Å². The van der Waals surface area contributed by atoms with Crippen molar-refractivity contribution in [3.05, 3.63) is 40.9 Å². The maximum atomic E-state index is 4.70. The Morgan fingerprint density at radius 2 is 1.50 bits per heavy atom. The van der Waals surface area contributed by atoms with Crippen molar-refractivity contribution >= 4 is 12.4 Å². The predicted molar refractivity (Wildman–Crippen MR) is 107 cm³/mol. The van der Waals surface area contributed by atoms with E-state index in [9.17, 15) is 0 Å². The maximum Gasteiger partial charge on any atom is 0.0951 e. The Morgan fingerprint density at radius 3 is 2.12 bits per heavy atom. The van der Waals surface area contributed by atoms with E-state index >= 15 is 0 Å². The standard InChI is InChI=1S/C19H28N6.ClH/c1-7-8-24-17(6)19(15(4)22-24)18-11-20-12-23(18)9-10-25-16(5)13(2)14(3)21-25;/h11-12H,7-10H2,1-6H3;1H. The maximum absolute atomic E-state index is 4.70. The van der Waals surface area contributed by atoms with Gasteiger partial charge in [0.05, 0.1) is 36.2 Å². The second-order valence-corrected chi connectivity index (χ2v) is 6.76. The van der Waals surface area contributed by atoms with Gasteiger partial charge < -0.3 is 4.57 Å². The van der Waals surface area contributed by atoms with Crippen molar-refractivity contribution in [2.45, 2.75) is 67.6 Å². The zero-order valence-corrected chi connectivity index (χ0v) is 17.4. The molecule has 0 fully saturated rings. The molecule has 0 aromatic carbocycles. The second kappa shape index (κ2) is 8.08. The average Bonchev–Trinajstić information content (AvgIpc) is 3.20. The molecule has 0 radical (unpaired) electrons. The summed E-state index contributed by atoms with van der Waals surface area (Å²) in [7, 11) is 0. The average molecular weight is 377 g/mol. The minimum Gasteiger partial charge on any atom is -0.329 e. The number of halogens is 1. The Labute approximate surface area is 161 Å². The lowest BCUT2D eigenvalue weighted by atomic mass is 10.1. The van der Waals surface area contributed by atoms with Gasteiger partial charge in [0, 0.05) is 30.0 Å². The lowest BCUT2D eigenvalue weighted by Crippen LogP contribution is -2.10. The first-order chi connectivity index (χ1) is 11.9. The zero-order valence-electron chi connectivity index (χ0n) is 16.6. The Bertz CT molecular complexity index is 886. The van der Waals surface area contributed by atoms with Crippen molar-refractivity contribution in [2.75, 3.05) is 0 Å². The van der Waals surface area contributed by atoms with Gasteiger partial charge in [0.15, 0.2) is 0 Å². The number of hydrogen-bond acceptors (Lipinski definition) is 3. The number of aryl methyl sites for hydroxylation is 5. The molecule has 0 atom stereocenters. The van der Waals surface area contributed by atoms with Crippen molar-refractivity contribution in [1.82, 2.24) is 29.1 Å². The number of nitrogens with zero attached hydrogens (tertiary/aromatic N) is 6. The molecule has 3 heterocycles. The highest BCUT2D eigenvalue weighted by molar-refractivity contribution is 5.85. The quantitative estimate of drug-likeness (QED) is 0.652. The molecule has 6 nitrogen and oxygen atoms in total. The summed E-state index contributed by atoms with van der Waals surface area (Å²) in [6, 6.07) is 0. The normalized spacial score (nSPS) is 11.0. The summed E-state index contributed by atoms with van der Waals surface area (Å²) in [5.74, 6) is 0. The number of hydrogen-bond donors (Lipinski definition) is 0. The molecule has 0 N–H and O–H groups in total. The van der Waals surface area contributed by atoms with Gasteiger partial charge in [0.25, 0.3) is 0 Å². The van der Waals surface area contributed by atoms with E-state index in [0.717, 1.165) is 43.1 Å². The first-order valence-electron chi connectivity index (χ1n) is 8.99. The van der Waals surface area contributed by atoms with E-state index in [1.165, 1.54) is 22.5 Å². The van der Waals surface area contributed by atoms with E-state index in [0.29, 0.717) is 0 Å². The molecular weight excluding hydrogens is 348 g/mol. The highest BCUT2D eigenvalue weighted by Crippen LogP contribution is 2.27. The van der Waals surface area contributed by atoms with Crippen LogP contribution in [-0.4, -0.2) is 29.1 Å². The third kappa shape index (κ3) is 3.56. The molecular formula is C19H29ClN6. The van der Waals surface area contributed by atoms with Gasteiger partial charge in [0.2, 0.25) is 0 Å². The summed E-state index contributed by atoms with van der Waals surface area (Å²) >= 11 is 0. The smallest absolute Gasteiger partial charge is 0.0951 e. The van der Waals surface area contributed by atoms with Crippen LogP contribution in [-0.2, 0) is 19.6 Å². The van der Waals surface area contributed by atoms with Crippen LogP contribution in [0.5, 0.6) is 0 Å². The molecule has 0 aliphatic heterocycles. The van der Waals surface area contributed by atoms with E-state index in [-0.39, 0.29) is 12.4 Å². The van der Waals surface area contributed by atoms with Crippen LogP contribution in [0.2, 0.25) is 0 Å². The van der Waals surface area contributed by atoms with Crippen LogP contribution in [0.3, 0.4) is 0 Å². The molecule has 7 heteroatoms. The molecule has 3 aromatic rings. The van der Waals surface area contributed by atoms with Crippen molar-refractivity contribution in [1.29, 1.82) is 0 Å². The lowest BCUT2D eigenvalue weighted by Gasteiger charge is -2.10. The molecule has 26 heavy (non-hydrogen) atoms. The molecule has 142 valence electrons. The Balaban J connectivity index is 0.00000243. The van der Waals surface area contributed by atoms with Crippen molar-refractivity contribution in [3.8, 4) is 11.3 Å². The summed E-state index contributed by atoms with van der Waals surface area (Å²) in [5.41, 5.74) is 8.24. The molecule has 0 aliphatic rings. The molecule has 0 aliphatic carbocycles. The third-order valence-electron chi connectivity index (χ3n) is 5.08. The van der Waals surface area contributed by atoms with Crippen molar-refractivity contribution in [2.24, 2.45) is 0 Å². The summed E-state index contributed by atoms with van der Waals surface area (Å²) in [4.78, 5) is 4.39. The highest BCUT2D eigenvalue weighted by atomic mass is 35.5. The van der Waals surface area contributed by atoms with Gasteiger partial charge in [-0.05, 0) is 46.6 Å². The SMILES string of the molecule is CCCn1nc(C)c(-c2cncn2CCn2nc(C)c(C)c2C)c1C.Cl. The van der Waals surface area contributed by atoms with E-state index < -0.39 is 0 Å². The molecule has 3 aromatic heterocycles. The Kier molecular flexibility index (Phi) is 6.29. The summed E-state index contributed by atoms with van der Waals surface area (Å²) in [5, 5.41) is 9.34. The first-order valence-corrected chi connectivity index (χ1v) is 8.99. The van der Waals surface area contributed by atoms with Gasteiger partial charge >= 0.3 is 0 Å². The van der Waals surface area contributed by atoms with Crippen LogP contribution in [0.4, 0.5) is 0 Å². The van der Waals surface area contributed by atoms with Crippen LogP contribution in [0, 0.1) is 34.6 Å². The van der Waals surface area contributed by atoms with Crippen molar-refractivity contribution < 1.29 is 0 Å². The van der Waals surface area contributed by atoms with Crippen molar-refractivity contribution in [3.63, 3.8) is 0 Å². The zero-order chi connectivity index (χ0) is 18.1. The van der Waals surface area contributed by atoms with Gasteiger partial charge in [-0.15, -0.1) is 12.4 Å². The molecule has 0 saturated heterocycles. The minimum atomic E-state index is 0. The van der Waals surface area contributed by atoms with Crippen LogP contribution < -0.4 is 0 Å². The fourth-order valence-corrected chi connectivity index (χ4v) is 3.41. The Morgan fingerprint density at radius 1 is 0.846 bits per heavy atom. The largest absolute Gasteiger partial charge is 0.329 e. The van der Waals surface area contributed by atoms with E-state index in [4.69, 9.17) is 5.10 Å². The molecule has 3 rings (SSSR count). The second-order valence-electron chi connectivity index (χ2n) is 6.76. The number of aromatic nitrogens is 6. The fraction of sp³-hybridized carbons (Fsp3) is 0.526. The van der Waals surface area contributed by atoms with Crippen LogP contribution >= 0.6 is 12.4 Å². The number of imidazole rings is 1. The van der Waals surface area contributed by atoms with Crippen LogP contribution in [0.1, 0.15) is 41.7 Å². The molecule has 0 bridgehead atoms. The minimum absolute atomic E-state index is 0. The fourth-order valence-electron chi connectivity index (χ4n) is 3.41. The Hall–Kier alpha value is -2.08. The topological polar surface area (TPSA) is 53.5 Å². The van der Waals surface area contributed by atoms with Gasteiger partial charge in [-0.3, -0.25) is 9.36 Å². The molecule has 0 amide bonds. The number of rotatable bonds is 6. The molecule has 0 unspecified atom stereocenters. The van der Waals surface area contributed by atoms with E-state index in [1.54, 1.807) is 0 Å². The summed E-state index contributed by atoms with van der Waals surface area (Å²) in [6.07, 6.45) is 4.93. The lowest BCUT2D eigenvalue weighted by molar-refractivity contribution is 0.523. The predicted octanol–water partition coefficient (Wildman–Crippen LogP) is 4.02. The van der Waals surface area contributed by atoms with Gasteiger partial charge in [-0.2, -0.15) is 10.2 Å². The van der Waals surface area contributed by atoms with Crippen LogP contribution in [0.25, 0.3) is 11.3 Å². The molecule has 0 saturated carbocycles. The van der Waals surface area contributed by atoms with E-state index in [1.807, 2.05) is 12.5 Å². The van der Waals surface area contributed by atoms with Crippen LogP contribution in [0.15, 0.2) is 12.5 Å². The third-order valence-corrected chi connectivity index (χ3v) is 5.08. The monoisotopic (exact) mass is 376 g/mol. The first kappa shape index (κ1) is 20.2. The van der Waals surface area contributed by atoms with Gasteiger partial charge in [-0.25, -0.2) is 4.98 Å².